The van der Waals surface area contributed by atoms with Crippen molar-refractivity contribution < 1.29 is 19.1 Å². The zero-order chi connectivity index (χ0) is 24.1. The average molecular weight is 474 g/mol. The number of hydrogen-bond donors (Lipinski definition) is 1. The maximum Gasteiger partial charge on any atom is 0.255 e. The Bertz CT molecular complexity index is 1360. The molecule has 0 radical (unpaired) electrons. The number of imidazole rings is 1. The number of methoxy groups -OCH3 is 1. The van der Waals surface area contributed by atoms with Crippen molar-refractivity contribution in [1.29, 1.82) is 0 Å². The first-order chi connectivity index (χ1) is 17.0. The molecule has 0 saturated carbocycles. The van der Waals surface area contributed by atoms with Crippen LogP contribution in [0.4, 0.5) is 0 Å². The molecule has 5 heterocycles. The van der Waals surface area contributed by atoms with Gasteiger partial charge in [0.25, 0.3) is 5.91 Å². The minimum atomic E-state index is -0.647. The van der Waals surface area contributed by atoms with Gasteiger partial charge in [-0.1, -0.05) is 0 Å². The summed E-state index contributed by atoms with van der Waals surface area (Å²) in [6, 6.07) is 7.46. The molecule has 0 bridgehead atoms. The van der Waals surface area contributed by atoms with Crippen LogP contribution in [0.2, 0.25) is 0 Å². The van der Waals surface area contributed by atoms with E-state index in [1.807, 2.05) is 16.7 Å². The molecule has 6 rings (SSSR count). The van der Waals surface area contributed by atoms with E-state index in [2.05, 4.69) is 27.3 Å². The average Bonchev–Trinajstić information content (AvgIpc) is 3.59. The van der Waals surface area contributed by atoms with Crippen LogP contribution >= 0.6 is 0 Å². The van der Waals surface area contributed by atoms with Crippen molar-refractivity contribution in [3.63, 3.8) is 0 Å². The Hall–Kier alpha value is -3.72. The minimum absolute atomic E-state index is 0.213. The van der Waals surface area contributed by atoms with E-state index in [1.54, 1.807) is 24.4 Å². The highest BCUT2D eigenvalue weighted by Crippen LogP contribution is 2.38. The number of imide groups is 1. The van der Waals surface area contributed by atoms with E-state index in [-0.39, 0.29) is 18.2 Å². The maximum atomic E-state index is 13.2. The number of carbonyl (C=O) groups is 3. The number of amides is 3. The summed E-state index contributed by atoms with van der Waals surface area (Å²) >= 11 is 0. The van der Waals surface area contributed by atoms with Crippen LogP contribution in [-0.2, 0) is 22.7 Å². The Morgan fingerprint density at radius 1 is 1.09 bits per heavy atom. The molecule has 35 heavy (non-hydrogen) atoms. The lowest BCUT2D eigenvalue weighted by Gasteiger charge is -2.29. The Balaban J connectivity index is 1.39. The van der Waals surface area contributed by atoms with Gasteiger partial charge in [0.05, 0.1) is 30.8 Å². The van der Waals surface area contributed by atoms with Gasteiger partial charge in [-0.25, -0.2) is 4.98 Å². The number of hydrogen-bond acceptors (Lipinski definition) is 6. The van der Waals surface area contributed by atoms with Gasteiger partial charge in [-0.2, -0.15) is 0 Å². The number of likely N-dealkylation sites (tertiary alicyclic amines) is 1. The summed E-state index contributed by atoms with van der Waals surface area (Å²) in [5.41, 5.74) is 5.40. The number of rotatable bonds is 5. The van der Waals surface area contributed by atoms with Crippen molar-refractivity contribution in [3.05, 3.63) is 53.5 Å². The van der Waals surface area contributed by atoms with Gasteiger partial charge in [-0.15, -0.1) is 0 Å². The first-order valence-corrected chi connectivity index (χ1v) is 12.0. The molecule has 3 amide bonds. The molecule has 1 aromatic carbocycles. The number of piperidine rings is 1. The number of aromatic nitrogens is 2. The van der Waals surface area contributed by atoms with Crippen molar-refractivity contribution in [1.82, 2.24) is 24.5 Å². The van der Waals surface area contributed by atoms with Crippen LogP contribution in [-0.4, -0.2) is 63.1 Å². The third-order valence-electron chi connectivity index (χ3n) is 7.31. The molecule has 3 aromatic rings. The molecule has 2 saturated heterocycles. The van der Waals surface area contributed by atoms with Gasteiger partial charge in [-0.3, -0.25) is 29.0 Å². The molecule has 1 atom stereocenters. The topological polar surface area (TPSA) is 96.2 Å². The van der Waals surface area contributed by atoms with Gasteiger partial charge < -0.3 is 9.64 Å². The second-order valence-corrected chi connectivity index (χ2v) is 9.53. The van der Waals surface area contributed by atoms with E-state index in [4.69, 9.17) is 4.74 Å². The van der Waals surface area contributed by atoms with E-state index in [1.165, 1.54) is 18.4 Å². The molecule has 2 aromatic heterocycles. The monoisotopic (exact) mass is 473 g/mol. The van der Waals surface area contributed by atoms with Crippen LogP contribution in [0.15, 0.2) is 36.8 Å². The molecule has 9 heteroatoms. The highest BCUT2D eigenvalue weighted by atomic mass is 16.5. The van der Waals surface area contributed by atoms with Gasteiger partial charge in [0.1, 0.15) is 11.8 Å². The number of nitrogens with zero attached hydrogens (tertiary/aromatic N) is 4. The molecule has 0 spiro atoms. The van der Waals surface area contributed by atoms with Crippen molar-refractivity contribution in [2.24, 2.45) is 0 Å². The van der Waals surface area contributed by atoms with E-state index >= 15 is 0 Å². The fourth-order valence-corrected chi connectivity index (χ4v) is 5.55. The second kappa shape index (κ2) is 8.49. The van der Waals surface area contributed by atoms with Gasteiger partial charge in [0.2, 0.25) is 11.8 Å². The van der Waals surface area contributed by atoms with Gasteiger partial charge in [-0.05, 0) is 67.7 Å². The number of nitrogens with one attached hydrogen (secondary N) is 1. The lowest BCUT2D eigenvalue weighted by molar-refractivity contribution is -0.136. The number of ether oxygens (including phenoxy) is 1. The SMILES string of the molecule is COc1cc2c(cc1-c1cc(CN3CCCC3)cc3cncn13)CN(C1CCC(=O)NC1=O)C2=O. The highest BCUT2D eigenvalue weighted by molar-refractivity contribution is 6.06. The van der Waals surface area contributed by atoms with Crippen LogP contribution in [0.1, 0.15) is 47.2 Å². The predicted octanol–water partition coefficient (Wildman–Crippen LogP) is 2.37. The number of benzene rings is 1. The van der Waals surface area contributed by atoms with Crippen molar-refractivity contribution in [2.45, 2.75) is 44.8 Å². The molecule has 3 aliphatic heterocycles. The van der Waals surface area contributed by atoms with E-state index in [0.717, 1.165) is 42.0 Å². The fourth-order valence-electron chi connectivity index (χ4n) is 5.55. The van der Waals surface area contributed by atoms with Crippen LogP contribution in [0, 0.1) is 0 Å². The number of carbonyl (C=O) groups excluding carboxylic acids is 3. The summed E-state index contributed by atoms with van der Waals surface area (Å²) in [5, 5.41) is 2.36. The summed E-state index contributed by atoms with van der Waals surface area (Å²) in [7, 11) is 1.60. The van der Waals surface area contributed by atoms with E-state index < -0.39 is 11.9 Å². The quantitative estimate of drug-likeness (QED) is 0.572. The summed E-state index contributed by atoms with van der Waals surface area (Å²) in [6.07, 6.45) is 6.68. The van der Waals surface area contributed by atoms with Gasteiger partial charge in [0.15, 0.2) is 0 Å². The minimum Gasteiger partial charge on any atom is -0.496 e. The van der Waals surface area contributed by atoms with Crippen LogP contribution in [0.3, 0.4) is 0 Å². The zero-order valence-electron chi connectivity index (χ0n) is 19.6. The second-order valence-electron chi connectivity index (χ2n) is 9.53. The van der Waals surface area contributed by atoms with E-state index in [0.29, 0.717) is 24.3 Å². The Labute approximate surface area is 202 Å². The molecular formula is C26H27N5O4. The first-order valence-electron chi connectivity index (χ1n) is 12.0. The van der Waals surface area contributed by atoms with Crippen LogP contribution in [0.25, 0.3) is 16.8 Å². The molecule has 9 nitrogen and oxygen atoms in total. The molecular weight excluding hydrogens is 446 g/mol. The standard InChI is InChI=1S/C26H27N5O4/c1-35-23-11-19-17(14-30(26(19)34)21-4-5-24(32)28-25(21)33)10-20(23)22-9-16(13-29-6-2-3-7-29)8-18-12-27-15-31(18)22/h8-12,15,21H,2-7,13-14H2,1H3,(H,28,32,33). The van der Waals surface area contributed by atoms with Gasteiger partial charge >= 0.3 is 0 Å². The third-order valence-corrected chi connectivity index (χ3v) is 7.31. The summed E-state index contributed by atoms with van der Waals surface area (Å²) < 4.78 is 7.78. The Morgan fingerprint density at radius 3 is 2.69 bits per heavy atom. The van der Waals surface area contributed by atoms with Crippen LogP contribution < -0.4 is 10.1 Å². The Kier molecular flexibility index (Phi) is 5.29. The molecule has 180 valence electrons. The zero-order valence-corrected chi connectivity index (χ0v) is 19.6. The number of pyridine rings is 1. The summed E-state index contributed by atoms with van der Waals surface area (Å²) in [5.74, 6) is -0.327. The van der Waals surface area contributed by atoms with Crippen molar-refractivity contribution in [3.8, 4) is 17.0 Å². The number of fused-ring (bicyclic) bond motifs is 2. The van der Waals surface area contributed by atoms with Crippen LogP contribution in [0.5, 0.6) is 5.75 Å². The first kappa shape index (κ1) is 21.8. The lowest BCUT2D eigenvalue weighted by atomic mass is 10.0. The third kappa shape index (κ3) is 3.76. The Morgan fingerprint density at radius 2 is 1.91 bits per heavy atom. The molecule has 2 fully saturated rings. The molecule has 1 N–H and O–H groups in total. The highest BCUT2D eigenvalue weighted by Gasteiger charge is 2.39. The molecule has 0 aliphatic carbocycles. The van der Waals surface area contributed by atoms with E-state index in [9.17, 15) is 14.4 Å². The smallest absolute Gasteiger partial charge is 0.255 e. The van der Waals surface area contributed by atoms with Crippen molar-refractivity contribution in [2.75, 3.05) is 20.2 Å². The van der Waals surface area contributed by atoms with Crippen molar-refractivity contribution >= 4 is 23.2 Å². The summed E-state index contributed by atoms with van der Waals surface area (Å²) in [6.45, 7) is 3.42. The molecule has 1 unspecified atom stereocenters. The lowest BCUT2D eigenvalue weighted by Crippen LogP contribution is -2.52. The molecule has 3 aliphatic rings. The normalized spacial score (nSPS) is 20.5. The maximum absolute atomic E-state index is 13.2. The van der Waals surface area contributed by atoms with Gasteiger partial charge in [0, 0.05) is 30.6 Å². The fraction of sp³-hybridized carbons (Fsp3) is 0.385. The summed E-state index contributed by atoms with van der Waals surface area (Å²) in [4.78, 5) is 45.6. The predicted molar refractivity (Wildman–Crippen MR) is 128 cm³/mol. The largest absolute Gasteiger partial charge is 0.496 e.